The normalized spacial score (nSPS) is 16.4. The van der Waals surface area contributed by atoms with Crippen molar-refractivity contribution in [1.29, 1.82) is 0 Å². The Kier molecular flexibility index (Phi) is 6.18. The number of amides is 1. The second kappa shape index (κ2) is 9.17. The van der Waals surface area contributed by atoms with E-state index in [4.69, 9.17) is 19.3 Å². The molecule has 1 atom stereocenters. The zero-order valence-corrected chi connectivity index (χ0v) is 16.6. The SMILES string of the molecule is COc1c(-c2ccc(CO)cc2)nc2ccncc2c1C(=O)NOC1CCCCO1. The van der Waals surface area contributed by atoms with E-state index < -0.39 is 12.2 Å². The molecule has 0 spiro atoms. The van der Waals surface area contributed by atoms with Crippen LogP contribution in [0.4, 0.5) is 0 Å². The lowest BCUT2D eigenvalue weighted by Crippen LogP contribution is -2.33. The van der Waals surface area contributed by atoms with Gasteiger partial charge in [0, 0.05) is 36.4 Å². The summed E-state index contributed by atoms with van der Waals surface area (Å²) in [4.78, 5) is 27.4. The highest BCUT2D eigenvalue weighted by Crippen LogP contribution is 2.36. The topological polar surface area (TPSA) is 103 Å². The minimum absolute atomic E-state index is 0.0531. The standard InChI is InChI=1S/C22H23N3O5/c1-28-21-19(22(27)25-30-18-4-2-3-11-29-18)16-12-23-10-9-17(16)24-20(21)15-7-5-14(13-26)6-8-15/h5-10,12,18,26H,2-4,11,13H2,1H3,(H,25,27). The van der Waals surface area contributed by atoms with E-state index in [1.54, 1.807) is 30.6 Å². The Morgan fingerprint density at radius 3 is 2.80 bits per heavy atom. The third-order valence-corrected chi connectivity index (χ3v) is 5.00. The van der Waals surface area contributed by atoms with Crippen LogP contribution in [-0.2, 0) is 16.2 Å². The highest BCUT2D eigenvalue weighted by atomic mass is 16.8. The van der Waals surface area contributed by atoms with Gasteiger partial charge in [-0.3, -0.25) is 9.78 Å². The van der Waals surface area contributed by atoms with Gasteiger partial charge in [0.05, 0.1) is 24.8 Å². The van der Waals surface area contributed by atoms with Gasteiger partial charge in [0.2, 0.25) is 0 Å². The fourth-order valence-electron chi connectivity index (χ4n) is 3.45. The van der Waals surface area contributed by atoms with Gasteiger partial charge in [0.15, 0.2) is 12.0 Å². The summed E-state index contributed by atoms with van der Waals surface area (Å²) in [7, 11) is 1.49. The van der Waals surface area contributed by atoms with Crippen LogP contribution in [0.2, 0.25) is 0 Å². The first-order chi connectivity index (χ1) is 14.7. The highest BCUT2D eigenvalue weighted by molar-refractivity contribution is 6.09. The van der Waals surface area contributed by atoms with Crippen molar-refractivity contribution in [2.24, 2.45) is 0 Å². The van der Waals surface area contributed by atoms with Crippen molar-refractivity contribution in [1.82, 2.24) is 15.4 Å². The molecule has 3 aromatic rings. The molecular weight excluding hydrogens is 386 g/mol. The molecule has 2 aromatic heterocycles. The number of nitrogens with one attached hydrogen (secondary N) is 1. The predicted molar refractivity (Wildman–Crippen MR) is 110 cm³/mol. The minimum Gasteiger partial charge on any atom is -0.494 e. The zero-order valence-electron chi connectivity index (χ0n) is 16.6. The van der Waals surface area contributed by atoms with E-state index in [1.807, 2.05) is 12.1 Å². The van der Waals surface area contributed by atoms with Crippen molar-refractivity contribution in [3.05, 3.63) is 53.9 Å². The summed E-state index contributed by atoms with van der Waals surface area (Å²) < 4.78 is 11.1. The van der Waals surface area contributed by atoms with E-state index in [0.717, 1.165) is 30.4 Å². The van der Waals surface area contributed by atoms with Crippen LogP contribution in [0, 0.1) is 0 Å². The Labute approximate surface area is 173 Å². The Morgan fingerprint density at radius 1 is 1.27 bits per heavy atom. The Hall–Kier alpha value is -3.07. The Bertz CT molecular complexity index is 1030. The summed E-state index contributed by atoms with van der Waals surface area (Å²) in [6.07, 6.45) is 5.42. The number of methoxy groups -OCH3 is 1. The lowest BCUT2D eigenvalue weighted by Gasteiger charge is -2.22. The van der Waals surface area contributed by atoms with Gasteiger partial charge >= 0.3 is 0 Å². The molecule has 1 fully saturated rings. The summed E-state index contributed by atoms with van der Waals surface area (Å²) in [6, 6.07) is 9.00. The number of pyridine rings is 2. The summed E-state index contributed by atoms with van der Waals surface area (Å²) in [5, 5.41) is 9.85. The number of rotatable bonds is 6. The van der Waals surface area contributed by atoms with Crippen molar-refractivity contribution in [3.8, 4) is 17.0 Å². The molecule has 4 rings (SSSR count). The van der Waals surface area contributed by atoms with Gasteiger partial charge in [-0.05, 0) is 24.5 Å². The van der Waals surface area contributed by atoms with Crippen LogP contribution in [0.3, 0.4) is 0 Å². The number of hydroxylamine groups is 1. The van der Waals surface area contributed by atoms with Crippen molar-refractivity contribution in [2.75, 3.05) is 13.7 Å². The first kappa shape index (κ1) is 20.2. The molecule has 0 aliphatic carbocycles. The van der Waals surface area contributed by atoms with E-state index in [9.17, 15) is 9.90 Å². The van der Waals surface area contributed by atoms with E-state index in [-0.39, 0.29) is 12.2 Å². The van der Waals surface area contributed by atoms with Crippen LogP contribution < -0.4 is 10.2 Å². The van der Waals surface area contributed by atoms with Gasteiger partial charge in [-0.2, -0.15) is 0 Å². The second-order valence-corrected chi connectivity index (χ2v) is 6.96. The Morgan fingerprint density at radius 2 is 2.10 bits per heavy atom. The largest absolute Gasteiger partial charge is 0.494 e. The van der Waals surface area contributed by atoms with E-state index in [0.29, 0.717) is 29.0 Å². The number of aliphatic hydroxyl groups excluding tert-OH is 1. The number of nitrogens with zero attached hydrogens (tertiary/aromatic N) is 2. The summed E-state index contributed by atoms with van der Waals surface area (Å²) in [6.45, 7) is 0.558. The number of carbonyl (C=O) groups excluding carboxylic acids is 1. The molecule has 0 radical (unpaired) electrons. The molecule has 1 saturated heterocycles. The quantitative estimate of drug-likeness (QED) is 0.603. The molecular formula is C22H23N3O5. The van der Waals surface area contributed by atoms with Crippen LogP contribution in [0.1, 0.15) is 35.2 Å². The van der Waals surface area contributed by atoms with E-state index in [1.165, 1.54) is 7.11 Å². The molecule has 0 bridgehead atoms. The fraction of sp³-hybridized carbons (Fsp3) is 0.318. The first-order valence-corrected chi connectivity index (χ1v) is 9.80. The van der Waals surface area contributed by atoms with Crippen LogP contribution in [0.5, 0.6) is 5.75 Å². The maximum atomic E-state index is 13.1. The maximum Gasteiger partial charge on any atom is 0.279 e. The van der Waals surface area contributed by atoms with Gasteiger partial charge < -0.3 is 14.6 Å². The maximum absolute atomic E-state index is 13.1. The van der Waals surface area contributed by atoms with Crippen molar-refractivity contribution < 1.29 is 24.2 Å². The lowest BCUT2D eigenvalue weighted by molar-refractivity contribution is -0.186. The molecule has 1 unspecified atom stereocenters. The summed E-state index contributed by atoms with van der Waals surface area (Å²) in [5.74, 6) is -0.146. The minimum atomic E-state index is -0.467. The van der Waals surface area contributed by atoms with Crippen molar-refractivity contribution in [2.45, 2.75) is 32.2 Å². The Balaban J connectivity index is 1.75. The second-order valence-electron chi connectivity index (χ2n) is 6.96. The number of ether oxygens (including phenoxy) is 2. The molecule has 156 valence electrons. The van der Waals surface area contributed by atoms with Crippen LogP contribution >= 0.6 is 0 Å². The van der Waals surface area contributed by atoms with Crippen molar-refractivity contribution >= 4 is 16.8 Å². The van der Waals surface area contributed by atoms with E-state index >= 15 is 0 Å². The van der Waals surface area contributed by atoms with Gasteiger partial charge in [-0.1, -0.05) is 24.3 Å². The molecule has 8 nitrogen and oxygen atoms in total. The number of benzene rings is 1. The molecule has 1 aliphatic heterocycles. The zero-order chi connectivity index (χ0) is 20.9. The van der Waals surface area contributed by atoms with Gasteiger partial charge in [0.1, 0.15) is 5.69 Å². The molecule has 2 N–H and O–H groups in total. The molecule has 30 heavy (non-hydrogen) atoms. The van der Waals surface area contributed by atoms with Crippen LogP contribution in [0.25, 0.3) is 22.2 Å². The fourth-order valence-corrected chi connectivity index (χ4v) is 3.45. The number of aliphatic hydroxyl groups is 1. The molecule has 1 aromatic carbocycles. The van der Waals surface area contributed by atoms with Gasteiger partial charge in [0.25, 0.3) is 5.91 Å². The number of hydrogen-bond donors (Lipinski definition) is 2. The third-order valence-electron chi connectivity index (χ3n) is 5.00. The summed E-state index contributed by atoms with van der Waals surface area (Å²) in [5.41, 5.74) is 5.44. The highest BCUT2D eigenvalue weighted by Gasteiger charge is 2.24. The molecule has 3 heterocycles. The number of hydrogen-bond acceptors (Lipinski definition) is 7. The average Bonchev–Trinajstić information content (AvgIpc) is 2.82. The first-order valence-electron chi connectivity index (χ1n) is 9.80. The third kappa shape index (κ3) is 4.11. The van der Waals surface area contributed by atoms with Crippen LogP contribution in [0.15, 0.2) is 42.7 Å². The molecule has 8 heteroatoms. The molecule has 0 saturated carbocycles. The number of carbonyl (C=O) groups is 1. The molecule has 1 aliphatic rings. The lowest BCUT2D eigenvalue weighted by atomic mass is 10.0. The van der Waals surface area contributed by atoms with E-state index in [2.05, 4.69) is 10.5 Å². The predicted octanol–water partition coefficient (Wildman–Crippen LogP) is 2.99. The molecule has 1 amide bonds. The monoisotopic (exact) mass is 409 g/mol. The number of aromatic nitrogens is 2. The summed E-state index contributed by atoms with van der Waals surface area (Å²) >= 11 is 0. The van der Waals surface area contributed by atoms with Gasteiger partial charge in [-0.25, -0.2) is 15.3 Å². The average molecular weight is 409 g/mol. The number of fused-ring (bicyclic) bond motifs is 1. The van der Waals surface area contributed by atoms with Gasteiger partial charge in [-0.15, -0.1) is 0 Å². The van der Waals surface area contributed by atoms with Crippen LogP contribution in [-0.4, -0.2) is 41.0 Å². The van der Waals surface area contributed by atoms with Crippen molar-refractivity contribution in [3.63, 3.8) is 0 Å². The smallest absolute Gasteiger partial charge is 0.279 e.